The van der Waals surface area contributed by atoms with Gasteiger partial charge < -0.3 is 15.2 Å². The molecule has 1 heterocycles. The summed E-state index contributed by atoms with van der Waals surface area (Å²) in [6, 6.07) is 11.6. The molecule has 1 aromatic heterocycles. The van der Waals surface area contributed by atoms with Crippen molar-refractivity contribution < 1.29 is 9.84 Å². The molecule has 0 bridgehead atoms. The summed E-state index contributed by atoms with van der Waals surface area (Å²) in [7, 11) is 0. The summed E-state index contributed by atoms with van der Waals surface area (Å²) in [4.78, 5) is 4.30. The van der Waals surface area contributed by atoms with Gasteiger partial charge in [0.25, 0.3) is 0 Å². The first-order valence-corrected chi connectivity index (χ1v) is 6.84. The van der Waals surface area contributed by atoms with Crippen LogP contribution in [0.3, 0.4) is 0 Å². The van der Waals surface area contributed by atoms with Crippen LogP contribution in [0.4, 0.5) is 5.82 Å². The molecule has 20 heavy (non-hydrogen) atoms. The van der Waals surface area contributed by atoms with Crippen LogP contribution >= 0.6 is 0 Å². The van der Waals surface area contributed by atoms with E-state index in [1.165, 1.54) is 0 Å². The summed E-state index contributed by atoms with van der Waals surface area (Å²) in [5.41, 5.74) is 2.05. The highest BCUT2D eigenvalue weighted by atomic mass is 16.5. The van der Waals surface area contributed by atoms with Gasteiger partial charge in [-0.15, -0.1) is 0 Å². The van der Waals surface area contributed by atoms with Crippen molar-refractivity contribution in [3.8, 4) is 5.75 Å². The Morgan fingerprint density at radius 1 is 1.15 bits per heavy atom. The number of anilines is 1. The summed E-state index contributed by atoms with van der Waals surface area (Å²) in [6.07, 6.45) is 2.72. The highest BCUT2D eigenvalue weighted by molar-refractivity contribution is 5.49. The smallest absolute Gasteiger partial charge is 0.169 e. The fourth-order valence-corrected chi connectivity index (χ4v) is 1.80. The van der Waals surface area contributed by atoms with Gasteiger partial charge in [0.2, 0.25) is 0 Å². The number of hydrogen-bond acceptors (Lipinski definition) is 4. The van der Waals surface area contributed by atoms with Gasteiger partial charge in [0.05, 0.1) is 13.2 Å². The zero-order valence-corrected chi connectivity index (χ0v) is 11.7. The molecular weight excluding hydrogens is 252 g/mol. The lowest BCUT2D eigenvalue weighted by molar-refractivity contribution is 0.282. The van der Waals surface area contributed by atoms with E-state index in [0.29, 0.717) is 13.2 Å². The van der Waals surface area contributed by atoms with Crippen molar-refractivity contribution in [1.29, 1.82) is 0 Å². The van der Waals surface area contributed by atoms with Gasteiger partial charge in [-0.05, 0) is 29.7 Å². The Bertz CT molecular complexity index is 526. The first kappa shape index (κ1) is 14.3. The third kappa shape index (κ3) is 3.96. The number of hydrogen-bond donors (Lipinski definition) is 2. The predicted octanol–water partition coefficient (Wildman–Crippen LogP) is 2.97. The van der Waals surface area contributed by atoms with Crippen molar-refractivity contribution in [2.24, 2.45) is 0 Å². The van der Waals surface area contributed by atoms with E-state index >= 15 is 0 Å². The van der Waals surface area contributed by atoms with Crippen molar-refractivity contribution in [2.75, 3.05) is 11.9 Å². The molecule has 0 radical (unpaired) electrons. The molecule has 4 nitrogen and oxygen atoms in total. The van der Waals surface area contributed by atoms with Gasteiger partial charge in [-0.2, -0.15) is 0 Å². The fraction of sp³-hybridized carbons (Fsp3) is 0.312. The standard InChI is InChI=1S/C16H20N2O2/c1-2-10-20-15-4-3-9-17-16(15)18-11-13-5-7-14(12-19)8-6-13/h3-9,19H,2,10-12H2,1H3,(H,17,18). The molecule has 0 atom stereocenters. The molecule has 0 spiro atoms. The molecule has 0 aliphatic heterocycles. The lowest BCUT2D eigenvalue weighted by Crippen LogP contribution is -2.05. The van der Waals surface area contributed by atoms with Crippen LogP contribution < -0.4 is 10.1 Å². The van der Waals surface area contributed by atoms with Crippen LogP contribution in [0.15, 0.2) is 42.6 Å². The normalized spacial score (nSPS) is 10.3. The van der Waals surface area contributed by atoms with Crippen molar-refractivity contribution >= 4 is 5.82 Å². The topological polar surface area (TPSA) is 54.4 Å². The molecular formula is C16H20N2O2. The van der Waals surface area contributed by atoms with Crippen LogP contribution in [0.5, 0.6) is 5.75 Å². The summed E-state index contributed by atoms with van der Waals surface area (Å²) in [5, 5.41) is 12.3. The number of pyridine rings is 1. The first-order valence-electron chi connectivity index (χ1n) is 6.84. The maximum absolute atomic E-state index is 9.01. The highest BCUT2D eigenvalue weighted by Gasteiger charge is 2.03. The number of nitrogens with one attached hydrogen (secondary N) is 1. The summed E-state index contributed by atoms with van der Waals surface area (Å²) >= 11 is 0. The third-order valence-corrected chi connectivity index (χ3v) is 2.90. The van der Waals surface area contributed by atoms with Crippen LogP contribution in [0.2, 0.25) is 0 Å². The summed E-state index contributed by atoms with van der Waals surface area (Å²) in [5.74, 6) is 1.54. The summed E-state index contributed by atoms with van der Waals surface area (Å²) < 4.78 is 5.65. The van der Waals surface area contributed by atoms with Gasteiger partial charge in [0.15, 0.2) is 11.6 Å². The van der Waals surface area contributed by atoms with Crippen LogP contribution in [-0.2, 0) is 13.2 Å². The molecule has 0 aliphatic carbocycles. The van der Waals surface area contributed by atoms with E-state index in [0.717, 1.165) is 29.1 Å². The summed E-state index contributed by atoms with van der Waals surface area (Å²) in [6.45, 7) is 3.51. The molecule has 0 fully saturated rings. The molecule has 0 aliphatic rings. The molecule has 0 saturated heterocycles. The zero-order chi connectivity index (χ0) is 14.2. The number of ether oxygens (including phenoxy) is 1. The van der Waals surface area contributed by atoms with Gasteiger partial charge in [0, 0.05) is 12.7 Å². The number of benzene rings is 1. The quantitative estimate of drug-likeness (QED) is 0.813. The minimum absolute atomic E-state index is 0.0724. The number of rotatable bonds is 7. The van der Waals surface area contributed by atoms with E-state index in [4.69, 9.17) is 9.84 Å². The van der Waals surface area contributed by atoms with Crippen LogP contribution in [0.1, 0.15) is 24.5 Å². The average Bonchev–Trinajstić information content (AvgIpc) is 2.52. The Labute approximate surface area is 119 Å². The fourth-order valence-electron chi connectivity index (χ4n) is 1.80. The molecule has 0 unspecified atom stereocenters. The lowest BCUT2D eigenvalue weighted by Gasteiger charge is -2.11. The molecule has 0 amide bonds. The van der Waals surface area contributed by atoms with Gasteiger partial charge in [-0.3, -0.25) is 0 Å². The van der Waals surface area contributed by atoms with E-state index in [1.807, 2.05) is 36.4 Å². The maximum Gasteiger partial charge on any atom is 0.169 e. The second-order valence-electron chi connectivity index (χ2n) is 4.53. The zero-order valence-electron chi connectivity index (χ0n) is 11.7. The molecule has 2 aromatic rings. The van der Waals surface area contributed by atoms with Gasteiger partial charge in [-0.1, -0.05) is 31.2 Å². The lowest BCUT2D eigenvalue weighted by atomic mass is 10.1. The van der Waals surface area contributed by atoms with Crippen LogP contribution in [-0.4, -0.2) is 16.7 Å². The van der Waals surface area contributed by atoms with Crippen LogP contribution in [0.25, 0.3) is 0 Å². The highest BCUT2D eigenvalue weighted by Crippen LogP contribution is 2.21. The number of aromatic nitrogens is 1. The Morgan fingerprint density at radius 2 is 1.90 bits per heavy atom. The third-order valence-electron chi connectivity index (χ3n) is 2.90. The van der Waals surface area contributed by atoms with Crippen molar-refractivity contribution in [2.45, 2.75) is 26.5 Å². The molecule has 106 valence electrons. The Hall–Kier alpha value is -2.07. The minimum Gasteiger partial charge on any atom is -0.490 e. The van der Waals surface area contributed by atoms with Crippen molar-refractivity contribution in [3.05, 3.63) is 53.7 Å². The maximum atomic E-state index is 9.01. The first-order chi connectivity index (χ1) is 9.83. The largest absolute Gasteiger partial charge is 0.490 e. The van der Waals surface area contributed by atoms with E-state index in [9.17, 15) is 0 Å². The molecule has 4 heteroatoms. The van der Waals surface area contributed by atoms with Gasteiger partial charge in [-0.25, -0.2) is 4.98 Å². The Kier molecular flexibility index (Phi) is 5.38. The Balaban J connectivity index is 1.98. The second-order valence-corrected chi connectivity index (χ2v) is 4.53. The number of nitrogens with zero attached hydrogens (tertiary/aromatic N) is 1. The number of aliphatic hydroxyl groups excluding tert-OH is 1. The van der Waals surface area contributed by atoms with E-state index < -0.39 is 0 Å². The van der Waals surface area contributed by atoms with Crippen molar-refractivity contribution in [3.63, 3.8) is 0 Å². The van der Waals surface area contributed by atoms with E-state index in [2.05, 4.69) is 17.2 Å². The van der Waals surface area contributed by atoms with Crippen molar-refractivity contribution in [1.82, 2.24) is 4.98 Å². The minimum atomic E-state index is 0.0724. The molecule has 2 N–H and O–H groups in total. The molecule has 2 rings (SSSR count). The average molecular weight is 272 g/mol. The van der Waals surface area contributed by atoms with Gasteiger partial charge in [0.1, 0.15) is 0 Å². The SMILES string of the molecule is CCCOc1cccnc1NCc1ccc(CO)cc1. The second kappa shape index (κ2) is 7.50. The molecule has 0 saturated carbocycles. The number of aliphatic hydroxyl groups is 1. The predicted molar refractivity (Wildman–Crippen MR) is 79.7 cm³/mol. The molecule has 1 aromatic carbocycles. The Morgan fingerprint density at radius 3 is 2.60 bits per heavy atom. The van der Waals surface area contributed by atoms with Gasteiger partial charge >= 0.3 is 0 Å². The van der Waals surface area contributed by atoms with Crippen LogP contribution in [0, 0.1) is 0 Å². The van der Waals surface area contributed by atoms with E-state index in [-0.39, 0.29) is 6.61 Å². The monoisotopic (exact) mass is 272 g/mol. The van der Waals surface area contributed by atoms with E-state index in [1.54, 1.807) is 6.20 Å².